The second kappa shape index (κ2) is 9.63. The number of ketones is 2. The van der Waals surface area contributed by atoms with Crippen molar-refractivity contribution < 1.29 is 29.3 Å². The van der Waals surface area contributed by atoms with E-state index in [0.29, 0.717) is 18.4 Å². The number of carbonyl (C=O) groups is 3. The summed E-state index contributed by atoms with van der Waals surface area (Å²) in [6.45, 7) is 5.08. The Kier molecular flexibility index (Phi) is 6.74. The van der Waals surface area contributed by atoms with Crippen molar-refractivity contribution in [2.45, 2.75) is 50.8 Å². The minimum Gasteiger partial charge on any atom is -0.510 e. The minimum atomic E-state index is -1.99. The van der Waals surface area contributed by atoms with Gasteiger partial charge in [0.2, 0.25) is 5.78 Å². The number of ether oxygens (including phenoxy) is 1. The fraction of sp³-hybridized carbons (Fsp3) is 0.552. The molecule has 1 aromatic carbocycles. The number of likely N-dealkylation sites (tertiary alicyclic amines) is 1. The van der Waals surface area contributed by atoms with Crippen LogP contribution < -0.4 is 5.73 Å². The Labute approximate surface area is 222 Å². The van der Waals surface area contributed by atoms with Gasteiger partial charge in [0.25, 0.3) is 5.91 Å². The molecule has 1 fully saturated rings. The first kappa shape index (κ1) is 26.6. The Morgan fingerprint density at radius 1 is 1.21 bits per heavy atom. The summed E-state index contributed by atoms with van der Waals surface area (Å²) < 4.78 is 5.74. The highest BCUT2D eigenvalue weighted by molar-refractivity contribution is 6.24. The first-order valence-electron chi connectivity index (χ1n) is 13.3. The van der Waals surface area contributed by atoms with Crippen molar-refractivity contribution in [1.29, 1.82) is 0 Å². The topological polar surface area (TPSA) is 133 Å². The van der Waals surface area contributed by atoms with Gasteiger partial charge in [-0.25, -0.2) is 0 Å². The number of fused-ring (bicyclic) bond motifs is 3. The van der Waals surface area contributed by atoms with Crippen LogP contribution in [0, 0.1) is 17.8 Å². The van der Waals surface area contributed by atoms with Gasteiger partial charge in [-0.3, -0.25) is 24.2 Å². The first-order valence-corrected chi connectivity index (χ1v) is 13.3. The van der Waals surface area contributed by atoms with E-state index in [1.165, 1.54) is 7.11 Å². The van der Waals surface area contributed by atoms with Crippen LogP contribution in [0.1, 0.15) is 47.7 Å². The third-order valence-electron chi connectivity index (χ3n) is 9.17. The number of carbonyl (C=O) groups excluding carboxylic acids is 3. The third-order valence-corrected chi connectivity index (χ3v) is 9.17. The van der Waals surface area contributed by atoms with Crippen LogP contribution in [0.25, 0.3) is 0 Å². The molecule has 0 aromatic heterocycles. The Hall–Kier alpha value is -3.01. The van der Waals surface area contributed by atoms with Crippen LogP contribution in [0.2, 0.25) is 0 Å². The Balaban J connectivity index is 1.61. The Morgan fingerprint density at radius 2 is 1.89 bits per heavy atom. The molecule has 3 aliphatic carbocycles. The number of nitrogens with zero attached hydrogens (tertiary/aromatic N) is 2. The third kappa shape index (κ3) is 3.82. The highest BCUT2D eigenvalue weighted by Crippen LogP contribution is 2.53. The maximum Gasteiger partial charge on any atom is 0.255 e. The zero-order valence-electron chi connectivity index (χ0n) is 22.5. The molecule has 0 saturated carbocycles. The molecule has 0 bridgehead atoms. The minimum absolute atomic E-state index is 0.149. The van der Waals surface area contributed by atoms with Gasteiger partial charge in [-0.15, -0.1) is 0 Å². The van der Waals surface area contributed by atoms with Gasteiger partial charge >= 0.3 is 0 Å². The molecular formula is C29H37N3O6. The largest absolute Gasteiger partial charge is 0.510 e. The molecular weight excluding hydrogens is 486 g/mol. The van der Waals surface area contributed by atoms with E-state index < -0.39 is 46.3 Å². The average Bonchev–Trinajstić information content (AvgIpc) is 2.85. The number of rotatable bonds is 5. The molecule has 0 radical (unpaired) electrons. The smallest absolute Gasteiger partial charge is 0.255 e. The number of aliphatic hydroxyl groups is 2. The molecule has 4 N–H and O–H groups in total. The fourth-order valence-electron chi connectivity index (χ4n) is 7.18. The molecule has 38 heavy (non-hydrogen) atoms. The van der Waals surface area contributed by atoms with E-state index in [0.717, 1.165) is 49.5 Å². The normalized spacial score (nSPS) is 30.4. The van der Waals surface area contributed by atoms with Crippen molar-refractivity contribution in [3.63, 3.8) is 0 Å². The quantitative estimate of drug-likeness (QED) is 0.501. The molecule has 1 aromatic rings. The summed E-state index contributed by atoms with van der Waals surface area (Å²) in [4.78, 5) is 44.0. The summed E-state index contributed by atoms with van der Waals surface area (Å²) in [5.74, 6) is -3.64. The number of nitrogens with two attached hydrogens (primary N) is 1. The van der Waals surface area contributed by atoms with E-state index in [1.54, 1.807) is 25.1 Å². The SMILES string of the molecule is CO[C@@]12C(=O)C(C(N)=O)=C(O)[C@H](N(C)C)[C@@H]1C[C@@H]1Cc3c(CN4CCC(C)CC4)cccc3C(=O)C1=C2O. The van der Waals surface area contributed by atoms with Crippen LogP contribution in [0.15, 0.2) is 40.9 Å². The second-order valence-electron chi connectivity index (χ2n) is 11.5. The van der Waals surface area contributed by atoms with E-state index in [4.69, 9.17) is 10.5 Å². The van der Waals surface area contributed by atoms with Crippen molar-refractivity contribution in [1.82, 2.24) is 9.80 Å². The summed E-state index contributed by atoms with van der Waals surface area (Å²) in [5, 5.41) is 22.7. The predicted molar refractivity (Wildman–Crippen MR) is 140 cm³/mol. The molecule has 5 rings (SSSR count). The Bertz CT molecular complexity index is 1260. The number of likely N-dealkylation sites (N-methyl/N-ethyl adjacent to an activating group) is 1. The molecule has 204 valence electrons. The van der Waals surface area contributed by atoms with Gasteiger partial charge in [0.1, 0.15) is 17.1 Å². The number of amides is 1. The first-order chi connectivity index (χ1) is 18.0. The lowest BCUT2D eigenvalue weighted by Crippen LogP contribution is -2.64. The molecule has 9 nitrogen and oxygen atoms in total. The standard InChI is InChI=1S/C29H37N3O6/c1-15-8-10-32(11-9-15)14-16-6-5-7-18-19(16)12-17-13-20-23(31(2)3)25(34)22(28(30)37)27(36)29(20,38-4)26(35)21(17)24(18)33/h5-7,15,17,20,23,34-35H,8-14H2,1-4H3,(H2,30,37)/t17-,20-,23+,29-/m0/s1. The van der Waals surface area contributed by atoms with E-state index >= 15 is 0 Å². The highest BCUT2D eigenvalue weighted by Gasteiger charge is 2.64. The monoisotopic (exact) mass is 523 g/mol. The fourth-order valence-corrected chi connectivity index (χ4v) is 7.18. The molecule has 4 aliphatic rings. The molecule has 9 heteroatoms. The van der Waals surface area contributed by atoms with Crippen LogP contribution in [-0.2, 0) is 27.3 Å². The zero-order chi connectivity index (χ0) is 27.5. The molecule has 1 amide bonds. The van der Waals surface area contributed by atoms with Gasteiger partial charge in [-0.2, -0.15) is 0 Å². The lowest BCUT2D eigenvalue weighted by atomic mass is 9.58. The number of aliphatic hydroxyl groups excluding tert-OH is 2. The highest BCUT2D eigenvalue weighted by atomic mass is 16.5. The van der Waals surface area contributed by atoms with Crippen molar-refractivity contribution in [3.8, 4) is 0 Å². The Morgan fingerprint density at radius 3 is 2.50 bits per heavy atom. The summed E-state index contributed by atoms with van der Waals surface area (Å²) >= 11 is 0. The number of hydrogen-bond acceptors (Lipinski definition) is 8. The number of hydrogen-bond donors (Lipinski definition) is 3. The van der Waals surface area contributed by atoms with E-state index in [-0.39, 0.29) is 17.3 Å². The summed E-state index contributed by atoms with van der Waals surface area (Å²) in [7, 11) is 4.70. The maximum atomic E-state index is 13.9. The molecule has 1 aliphatic heterocycles. The van der Waals surface area contributed by atoms with Crippen LogP contribution in [0.3, 0.4) is 0 Å². The number of Topliss-reactive ketones (excluding diaryl/α,β-unsaturated/α-hetero) is 2. The maximum absolute atomic E-state index is 13.9. The molecule has 1 saturated heterocycles. The van der Waals surface area contributed by atoms with Crippen molar-refractivity contribution in [3.05, 3.63) is 57.6 Å². The van der Waals surface area contributed by atoms with Crippen molar-refractivity contribution >= 4 is 17.5 Å². The number of methoxy groups -OCH3 is 1. The number of benzene rings is 1. The molecule has 4 atom stereocenters. The number of primary amides is 1. The van der Waals surface area contributed by atoms with E-state index in [9.17, 15) is 24.6 Å². The zero-order valence-corrected chi connectivity index (χ0v) is 22.5. The van der Waals surface area contributed by atoms with Crippen LogP contribution in [0.5, 0.6) is 0 Å². The van der Waals surface area contributed by atoms with Crippen molar-refractivity contribution in [2.75, 3.05) is 34.3 Å². The number of piperidine rings is 1. The second-order valence-corrected chi connectivity index (χ2v) is 11.5. The molecule has 0 unspecified atom stereocenters. The number of allylic oxidation sites excluding steroid dienone is 1. The predicted octanol–water partition coefficient (Wildman–Crippen LogP) is 2.30. The van der Waals surface area contributed by atoms with Gasteiger partial charge in [0, 0.05) is 30.7 Å². The molecule has 1 heterocycles. The van der Waals surface area contributed by atoms with Gasteiger partial charge in [-0.1, -0.05) is 25.1 Å². The van der Waals surface area contributed by atoms with Crippen LogP contribution in [-0.4, -0.2) is 83.4 Å². The summed E-state index contributed by atoms with van der Waals surface area (Å²) in [6.07, 6.45) is 3.14. The van der Waals surface area contributed by atoms with Gasteiger partial charge in [0.05, 0.1) is 6.04 Å². The van der Waals surface area contributed by atoms with E-state index in [2.05, 4.69) is 17.9 Å². The lowest BCUT2D eigenvalue weighted by molar-refractivity contribution is -0.154. The van der Waals surface area contributed by atoms with Gasteiger partial charge in [0.15, 0.2) is 11.4 Å². The average molecular weight is 524 g/mol. The lowest BCUT2D eigenvalue weighted by Gasteiger charge is -2.51. The van der Waals surface area contributed by atoms with Crippen LogP contribution in [0.4, 0.5) is 0 Å². The summed E-state index contributed by atoms with van der Waals surface area (Å²) in [5.41, 5.74) is 5.65. The van der Waals surface area contributed by atoms with Crippen molar-refractivity contribution in [2.24, 2.45) is 23.5 Å². The van der Waals surface area contributed by atoms with Gasteiger partial charge < -0.3 is 20.7 Å². The summed E-state index contributed by atoms with van der Waals surface area (Å²) in [6, 6.07) is 4.89. The van der Waals surface area contributed by atoms with E-state index in [1.807, 2.05) is 6.07 Å². The van der Waals surface area contributed by atoms with Gasteiger partial charge in [-0.05, 0) is 75.8 Å². The molecule has 0 spiro atoms. The van der Waals surface area contributed by atoms with Crippen LogP contribution >= 0.6 is 0 Å².